The molecule has 2 rings (SSSR count). The largest absolute Gasteiger partial charge is 0.481 e. The number of hydrogen-bond acceptors (Lipinski definition) is 3. The smallest absolute Gasteiger partial charge is 0.307 e. The third-order valence-electron chi connectivity index (χ3n) is 3.87. The van der Waals surface area contributed by atoms with E-state index in [-0.39, 0.29) is 5.92 Å². The van der Waals surface area contributed by atoms with Gasteiger partial charge < -0.3 is 10.0 Å². The highest BCUT2D eigenvalue weighted by molar-refractivity contribution is 5.70. The fraction of sp³-hybridized carbons (Fsp3) is 0.917. The van der Waals surface area contributed by atoms with E-state index in [9.17, 15) is 4.79 Å². The van der Waals surface area contributed by atoms with Crippen LogP contribution in [0, 0.1) is 5.92 Å². The first-order valence-electron chi connectivity index (χ1n) is 6.40. The minimum Gasteiger partial charge on any atom is -0.481 e. The van der Waals surface area contributed by atoms with Crippen LogP contribution < -0.4 is 0 Å². The van der Waals surface area contributed by atoms with Crippen molar-refractivity contribution in [3.63, 3.8) is 0 Å². The van der Waals surface area contributed by atoms with Crippen LogP contribution in [-0.4, -0.2) is 59.6 Å². The molecular formula is C12H22N2O2. The van der Waals surface area contributed by atoms with Gasteiger partial charge >= 0.3 is 5.97 Å². The Bertz CT molecular complexity index is 257. The van der Waals surface area contributed by atoms with Gasteiger partial charge in [0.2, 0.25) is 0 Å². The van der Waals surface area contributed by atoms with Crippen molar-refractivity contribution >= 4 is 5.97 Å². The molecule has 0 spiro atoms. The topological polar surface area (TPSA) is 43.8 Å². The van der Waals surface area contributed by atoms with Gasteiger partial charge in [-0.05, 0) is 38.9 Å². The number of carbonyl (C=O) groups is 1. The molecule has 2 aliphatic rings. The van der Waals surface area contributed by atoms with Crippen molar-refractivity contribution in [2.24, 2.45) is 5.92 Å². The average Bonchev–Trinajstić information content (AvgIpc) is 2.84. The first-order valence-corrected chi connectivity index (χ1v) is 6.40. The van der Waals surface area contributed by atoms with Gasteiger partial charge in [-0.3, -0.25) is 9.69 Å². The molecule has 2 unspecified atom stereocenters. The fourth-order valence-electron chi connectivity index (χ4n) is 2.95. The van der Waals surface area contributed by atoms with Crippen LogP contribution in [0.15, 0.2) is 0 Å². The Hall–Kier alpha value is -0.610. The normalized spacial score (nSPS) is 32.3. The summed E-state index contributed by atoms with van der Waals surface area (Å²) < 4.78 is 0. The van der Waals surface area contributed by atoms with Gasteiger partial charge in [-0.1, -0.05) is 6.92 Å². The average molecular weight is 226 g/mol. The van der Waals surface area contributed by atoms with E-state index in [1.807, 2.05) is 0 Å². The van der Waals surface area contributed by atoms with Crippen molar-refractivity contribution in [3.8, 4) is 0 Å². The SMILES string of the molecule is CCCN1CCC(N2CCC(C(=O)O)C2)C1. The van der Waals surface area contributed by atoms with Gasteiger partial charge in [0.15, 0.2) is 0 Å². The molecule has 2 saturated heterocycles. The lowest BCUT2D eigenvalue weighted by atomic mass is 10.1. The second-order valence-electron chi connectivity index (χ2n) is 5.06. The van der Waals surface area contributed by atoms with Gasteiger partial charge in [0.25, 0.3) is 0 Å². The number of carboxylic acids is 1. The first-order chi connectivity index (χ1) is 7.70. The Morgan fingerprint density at radius 1 is 1.31 bits per heavy atom. The van der Waals surface area contributed by atoms with Gasteiger partial charge in [0.1, 0.15) is 0 Å². The summed E-state index contributed by atoms with van der Waals surface area (Å²) in [7, 11) is 0. The summed E-state index contributed by atoms with van der Waals surface area (Å²) in [5.74, 6) is -0.744. The fourth-order valence-corrected chi connectivity index (χ4v) is 2.95. The molecule has 0 aromatic carbocycles. The molecule has 0 aromatic heterocycles. The number of likely N-dealkylation sites (tertiary alicyclic amines) is 2. The number of rotatable bonds is 4. The molecule has 0 amide bonds. The first kappa shape index (κ1) is 11.9. The minimum absolute atomic E-state index is 0.125. The molecule has 4 nitrogen and oxygen atoms in total. The number of carboxylic acid groups (broad SMARTS) is 1. The van der Waals surface area contributed by atoms with Crippen LogP contribution >= 0.6 is 0 Å². The molecule has 0 aromatic rings. The van der Waals surface area contributed by atoms with E-state index in [4.69, 9.17) is 5.11 Å². The maximum atomic E-state index is 10.9. The van der Waals surface area contributed by atoms with Gasteiger partial charge in [-0.15, -0.1) is 0 Å². The minimum atomic E-state index is -0.620. The summed E-state index contributed by atoms with van der Waals surface area (Å²) in [6.07, 6.45) is 3.26. The lowest BCUT2D eigenvalue weighted by Gasteiger charge is -2.23. The predicted octanol–water partition coefficient (Wildman–Crippen LogP) is 0.877. The second kappa shape index (κ2) is 5.15. The van der Waals surface area contributed by atoms with Crippen molar-refractivity contribution in [2.45, 2.75) is 32.2 Å². The molecule has 0 bridgehead atoms. The quantitative estimate of drug-likeness (QED) is 0.773. The summed E-state index contributed by atoms with van der Waals surface area (Å²) in [4.78, 5) is 15.8. The molecule has 2 atom stereocenters. The molecule has 0 radical (unpaired) electrons. The van der Waals surface area contributed by atoms with Gasteiger partial charge in [-0.2, -0.15) is 0 Å². The van der Waals surface area contributed by atoms with Gasteiger partial charge in [-0.25, -0.2) is 0 Å². The van der Waals surface area contributed by atoms with Crippen LogP contribution in [0.25, 0.3) is 0 Å². The third kappa shape index (κ3) is 2.55. The van der Waals surface area contributed by atoms with Crippen LogP contribution in [0.5, 0.6) is 0 Å². The molecule has 0 aliphatic carbocycles. The Morgan fingerprint density at radius 2 is 2.12 bits per heavy atom. The van der Waals surface area contributed by atoms with Crippen molar-refractivity contribution in [2.75, 3.05) is 32.7 Å². The highest BCUT2D eigenvalue weighted by Crippen LogP contribution is 2.23. The zero-order valence-electron chi connectivity index (χ0n) is 10.1. The van der Waals surface area contributed by atoms with Crippen LogP contribution in [0.3, 0.4) is 0 Å². The Kier molecular flexibility index (Phi) is 3.82. The van der Waals surface area contributed by atoms with Crippen molar-refractivity contribution in [1.82, 2.24) is 9.80 Å². The molecule has 1 N–H and O–H groups in total. The second-order valence-corrected chi connectivity index (χ2v) is 5.06. The van der Waals surface area contributed by atoms with Crippen molar-refractivity contribution in [3.05, 3.63) is 0 Å². The Balaban J connectivity index is 1.80. The molecule has 92 valence electrons. The van der Waals surface area contributed by atoms with Crippen LogP contribution in [0.2, 0.25) is 0 Å². The molecule has 2 aliphatic heterocycles. The molecule has 4 heteroatoms. The van der Waals surface area contributed by atoms with Gasteiger partial charge in [0.05, 0.1) is 5.92 Å². The zero-order chi connectivity index (χ0) is 11.5. The van der Waals surface area contributed by atoms with E-state index in [0.717, 1.165) is 26.1 Å². The molecule has 2 heterocycles. The number of hydrogen-bond donors (Lipinski definition) is 1. The standard InChI is InChI=1S/C12H22N2O2/c1-2-5-13-6-4-11(9-13)14-7-3-10(8-14)12(15)16/h10-11H,2-9H2,1H3,(H,15,16). The van der Waals surface area contributed by atoms with E-state index in [1.165, 1.54) is 25.9 Å². The molecular weight excluding hydrogens is 204 g/mol. The summed E-state index contributed by atoms with van der Waals surface area (Å²) in [6, 6.07) is 0.607. The maximum absolute atomic E-state index is 10.9. The van der Waals surface area contributed by atoms with E-state index >= 15 is 0 Å². The summed E-state index contributed by atoms with van der Waals surface area (Å²) in [6.45, 7) is 7.46. The maximum Gasteiger partial charge on any atom is 0.307 e. The molecule has 2 fully saturated rings. The summed E-state index contributed by atoms with van der Waals surface area (Å²) >= 11 is 0. The summed E-state index contributed by atoms with van der Waals surface area (Å²) in [5, 5.41) is 8.97. The number of aliphatic carboxylic acids is 1. The lowest BCUT2D eigenvalue weighted by Crippen LogP contribution is -2.36. The summed E-state index contributed by atoms with van der Waals surface area (Å²) in [5.41, 5.74) is 0. The third-order valence-corrected chi connectivity index (χ3v) is 3.87. The van der Waals surface area contributed by atoms with Crippen molar-refractivity contribution in [1.29, 1.82) is 0 Å². The zero-order valence-corrected chi connectivity index (χ0v) is 10.1. The highest BCUT2D eigenvalue weighted by Gasteiger charge is 2.34. The van der Waals surface area contributed by atoms with Crippen LogP contribution in [0.4, 0.5) is 0 Å². The van der Waals surface area contributed by atoms with Crippen LogP contribution in [0.1, 0.15) is 26.2 Å². The highest BCUT2D eigenvalue weighted by atomic mass is 16.4. The Labute approximate surface area is 97.2 Å². The molecule has 16 heavy (non-hydrogen) atoms. The van der Waals surface area contributed by atoms with E-state index < -0.39 is 5.97 Å². The Morgan fingerprint density at radius 3 is 2.75 bits per heavy atom. The predicted molar refractivity (Wildman–Crippen MR) is 62.5 cm³/mol. The van der Waals surface area contributed by atoms with Gasteiger partial charge in [0, 0.05) is 19.1 Å². The van der Waals surface area contributed by atoms with Crippen molar-refractivity contribution < 1.29 is 9.90 Å². The van der Waals surface area contributed by atoms with Crippen LogP contribution in [-0.2, 0) is 4.79 Å². The van der Waals surface area contributed by atoms with E-state index in [1.54, 1.807) is 0 Å². The van der Waals surface area contributed by atoms with E-state index in [2.05, 4.69) is 16.7 Å². The monoisotopic (exact) mass is 226 g/mol. The molecule has 0 saturated carbocycles. The lowest BCUT2D eigenvalue weighted by molar-refractivity contribution is -0.141. The van der Waals surface area contributed by atoms with E-state index in [0.29, 0.717) is 6.04 Å². The number of nitrogens with zero attached hydrogens (tertiary/aromatic N) is 2.